The summed E-state index contributed by atoms with van der Waals surface area (Å²) in [5, 5.41) is 11.6. The van der Waals surface area contributed by atoms with Crippen LogP contribution in [0.2, 0.25) is 0 Å². The Morgan fingerprint density at radius 3 is 2.73 bits per heavy atom. The number of hydrazine groups is 1. The Morgan fingerprint density at radius 1 is 1.33 bits per heavy atom. The standard InChI is InChI=1S/C9H12N6/c1-15-6-8(5-13-15)9(14-10)7-2-3-11-12-4-7/h2-6,9,14H,10H2,1H3. The van der Waals surface area contributed by atoms with Crippen LogP contribution in [0.4, 0.5) is 0 Å². The molecule has 2 aromatic rings. The zero-order valence-electron chi connectivity index (χ0n) is 8.33. The lowest BCUT2D eigenvalue weighted by Crippen LogP contribution is -2.28. The van der Waals surface area contributed by atoms with Gasteiger partial charge in [-0.2, -0.15) is 15.3 Å². The van der Waals surface area contributed by atoms with E-state index in [1.54, 1.807) is 23.3 Å². The van der Waals surface area contributed by atoms with Gasteiger partial charge in [-0.15, -0.1) is 0 Å². The minimum absolute atomic E-state index is 0.103. The third-order valence-electron chi connectivity index (χ3n) is 2.17. The molecule has 78 valence electrons. The molecule has 6 heteroatoms. The molecule has 3 N–H and O–H groups in total. The second-order valence-corrected chi connectivity index (χ2v) is 3.22. The van der Waals surface area contributed by atoms with Crippen LogP contribution in [0.15, 0.2) is 30.9 Å². The smallest absolute Gasteiger partial charge is 0.0756 e. The highest BCUT2D eigenvalue weighted by Gasteiger charge is 2.13. The molecule has 0 saturated carbocycles. The minimum atomic E-state index is -0.103. The molecule has 0 radical (unpaired) electrons. The van der Waals surface area contributed by atoms with Crippen molar-refractivity contribution >= 4 is 0 Å². The van der Waals surface area contributed by atoms with Gasteiger partial charge >= 0.3 is 0 Å². The number of hydrogen-bond donors (Lipinski definition) is 2. The number of aryl methyl sites for hydroxylation is 1. The van der Waals surface area contributed by atoms with Crippen molar-refractivity contribution in [3.05, 3.63) is 42.0 Å². The van der Waals surface area contributed by atoms with Crippen LogP contribution in [0.1, 0.15) is 17.2 Å². The zero-order chi connectivity index (χ0) is 10.7. The van der Waals surface area contributed by atoms with Gasteiger partial charge in [-0.1, -0.05) is 0 Å². The van der Waals surface area contributed by atoms with Crippen molar-refractivity contribution < 1.29 is 0 Å². The van der Waals surface area contributed by atoms with Gasteiger partial charge in [0.05, 0.1) is 18.4 Å². The summed E-state index contributed by atoms with van der Waals surface area (Å²) in [6, 6.07) is 1.76. The molecule has 0 aromatic carbocycles. The van der Waals surface area contributed by atoms with Crippen molar-refractivity contribution in [2.24, 2.45) is 12.9 Å². The Morgan fingerprint density at radius 2 is 2.20 bits per heavy atom. The van der Waals surface area contributed by atoms with Crippen LogP contribution in [0.25, 0.3) is 0 Å². The van der Waals surface area contributed by atoms with Gasteiger partial charge in [-0.3, -0.25) is 10.5 Å². The first kappa shape index (κ1) is 9.75. The number of nitrogens with two attached hydrogens (primary N) is 1. The van der Waals surface area contributed by atoms with Crippen molar-refractivity contribution in [1.82, 2.24) is 25.4 Å². The molecule has 0 aliphatic heterocycles. The van der Waals surface area contributed by atoms with Crippen molar-refractivity contribution in [3.8, 4) is 0 Å². The van der Waals surface area contributed by atoms with E-state index in [-0.39, 0.29) is 6.04 Å². The lowest BCUT2D eigenvalue weighted by Gasteiger charge is -2.13. The van der Waals surface area contributed by atoms with Crippen molar-refractivity contribution in [2.75, 3.05) is 0 Å². The molecule has 2 heterocycles. The Balaban J connectivity index is 2.33. The SMILES string of the molecule is Cn1cc(C(NN)c2ccnnc2)cn1. The Kier molecular flexibility index (Phi) is 2.70. The number of rotatable bonds is 3. The molecular formula is C9H12N6. The van der Waals surface area contributed by atoms with Crippen molar-refractivity contribution in [3.63, 3.8) is 0 Å². The highest BCUT2D eigenvalue weighted by atomic mass is 15.3. The van der Waals surface area contributed by atoms with Crippen molar-refractivity contribution in [2.45, 2.75) is 6.04 Å². The van der Waals surface area contributed by atoms with Gasteiger partial charge in [-0.25, -0.2) is 5.43 Å². The molecule has 1 unspecified atom stereocenters. The van der Waals surface area contributed by atoms with E-state index in [1.165, 1.54) is 0 Å². The molecule has 2 aromatic heterocycles. The van der Waals surface area contributed by atoms with E-state index in [4.69, 9.17) is 5.84 Å². The van der Waals surface area contributed by atoms with E-state index >= 15 is 0 Å². The maximum atomic E-state index is 5.51. The Bertz CT molecular complexity index is 423. The average Bonchev–Trinajstić information content (AvgIpc) is 2.68. The van der Waals surface area contributed by atoms with Gasteiger partial charge in [0.1, 0.15) is 0 Å². The predicted molar refractivity (Wildman–Crippen MR) is 54.4 cm³/mol. The summed E-state index contributed by atoms with van der Waals surface area (Å²) in [4.78, 5) is 0. The molecule has 1 atom stereocenters. The van der Waals surface area contributed by atoms with Gasteiger partial charge in [0.2, 0.25) is 0 Å². The lowest BCUT2D eigenvalue weighted by molar-refractivity contribution is 0.631. The summed E-state index contributed by atoms with van der Waals surface area (Å²) >= 11 is 0. The summed E-state index contributed by atoms with van der Waals surface area (Å²) < 4.78 is 1.73. The first-order valence-electron chi connectivity index (χ1n) is 4.52. The van der Waals surface area contributed by atoms with Gasteiger partial charge in [0.15, 0.2) is 0 Å². The summed E-state index contributed by atoms with van der Waals surface area (Å²) in [6.45, 7) is 0. The maximum absolute atomic E-state index is 5.51. The Labute approximate surface area is 87.1 Å². The van der Waals surface area contributed by atoms with Crippen LogP contribution in [-0.4, -0.2) is 20.0 Å². The fourth-order valence-corrected chi connectivity index (χ4v) is 1.45. The van der Waals surface area contributed by atoms with Gasteiger partial charge < -0.3 is 0 Å². The molecule has 0 aliphatic rings. The molecular weight excluding hydrogens is 192 g/mol. The summed E-state index contributed by atoms with van der Waals surface area (Å²) in [7, 11) is 1.86. The molecule has 0 amide bonds. The van der Waals surface area contributed by atoms with E-state index in [9.17, 15) is 0 Å². The van der Waals surface area contributed by atoms with Crippen LogP contribution < -0.4 is 11.3 Å². The molecule has 0 spiro atoms. The van der Waals surface area contributed by atoms with Crippen LogP contribution in [-0.2, 0) is 7.05 Å². The molecule has 0 fully saturated rings. The Hall–Kier alpha value is -1.79. The van der Waals surface area contributed by atoms with E-state index < -0.39 is 0 Å². The average molecular weight is 204 g/mol. The third kappa shape index (κ3) is 2.00. The normalized spacial score (nSPS) is 12.7. The number of hydrogen-bond acceptors (Lipinski definition) is 5. The molecule has 0 saturated heterocycles. The molecule has 2 rings (SSSR count). The molecule has 0 bridgehead atoms. The van der Waals surface area contributed by atoms with Crippen LogP contribution in [0.3, 0.4) is 0 Å². The molecule has 15 heavy (non-hydrogen) atoms. The van der Waals surface area contributed by atoms with E-state index in [0.717, 1.165) is 11.1 Å². The third-order valence-corrected chi connectivity index (χ3v) is 2.17. The van der Waals surface area contributed by atoms with Gasteiger partial charge in [0.25, 0.3) is 0 Å². The van der Waals surface area contributed by atoms with E-state index in [0.29, 0.717) is 0 Å². The summed E-state index contributed by atoms with van der Waals surface area (Å²) in [5.41, 5.74) is 4.68. The highest BCUT2D eigenvalue weighted by molar-refractivity contribution is 5.25. The maximum Gasteiger partial charge on any atom is 0.0756 e. The first-order valence-corrected chi connectivity index (χ1v) is 4.52. The second-order valence-electron chi connectivity index (χ2n) is 3.22. The summed E-state index contributed by atoms with van der Waals surface area (Å²) in [5.74, 6) is 5.51. The molecule has 6 nitrogen and oxygen atoms in total. The largest absolute Gasteiger partial charge is 0.275 e. The number of aromatic nitrogens is 4. The zero-order valence-corrected chi connectivity index (χ0v) is 8.33. The van der Waals surface area contributed by atoms with Gasteiger partial charge in [-0.05, 0) is 11.6 Å². The van der Waals surface area contributed by atoms with Crippen LogP contribution >= 0.6 is 0 Å². The fraction of sp³-hybridized carbons (Fsp3) is 0.222. The number of nitrogens with one attached hydrogen (secondary N) is 1. The topological polar surface area (TPSA) is 81.7 Å². The highest BCUT2D eigenvalue weighted by Crippen LogP contribution is 2.18. The van der Waals surface area contributed by atoms with E-state index in [1.807, 2.05) is 19.3 Å². The number of nitrogens with zero attached hydrogens (tertiary/aromatic N) is 4. The van der Waals surface area contributed by atoms with Crippen LogP contribution in [0, 0.1) is 0 Å². The van der Waals surface area contributed by atoms with Crippen LogP contribution in [0.5, 0.6) is 0 Å². The second kappa shape index (κ2) is 4.16. The van der Waals surface area contributed by atoms with E-state index in [2.05, 4.69) is 20.7 Å². The lowest BCUT2D eigenvalue weighted by atomic mass is 10.1. The minimum Gasteiger partial charge on any atom is -0.275 e. The fourth-order valence-electron chi connectivity index (χ4n) is 1.45. The molecule has 0 aliphatic carbocycles. The predicted octanol–water partition coefficient (Wildman–Crippen LogP) is -0.237. The quantitative estimate of drug-likeness (QED) is 0.533. The van der Waals surface area contributed by atoms with Gasteiger partial charge in [0, 0.05) is 25.0 Å². The van der Waals surface area contributed by atoms with Crippen molar-refractivity contribution in [1.29, 1.82) is 0 Å². The first-order chi connectivity index (χ1) is 7.31. The monoisotopic (exact) mass is 204 g/mol. The summed E-state index contributed by atoms with van der Waals surface area (Å²) in [6.07, 6.45) is 6.99.